The minimum atomic E-state index is -2.72. The summed E-state index contributed by atoms with van der Waals surface area (Å²) in [7, 11) is 0. The molecule has 4 nitrogen and oxygen atoms in total. The van der Waals surface area contributed by atoms with Crippen molar-refractivity contribution in [1.82, 2.24) is 9.78 Å². The van der Waals surface area contributed by atoms with Gasteiger partial charge in [0.25, 0.3) is 0 Å². The van der Waals surface area contributed by atoms with Gasteiger partial charge in [-0.2, -0.15) is 5.10 Å². The van der Waals surface area contributed by atoms with Gasteiger partial charge in [-0.25, -0.2) is 9.48 Å². The van der Waals surface area contributed by atoms with Gasteiger partial charge >= 0.3 is 5.97 Å². The lowest BCUT2D eigenvalue weighted by Crippen LogP contribution is -2.03. The summed E-state index contributed by atoms with van der Waals surface area (Å²) < 4.78 is 24.7. The van der Waals surface area contributed by atoms with E-state index in [0.29, 0.717) is 21.3 Å². The van der Waals surface area contributed by atoms with Gasteiger partial charge in [0.05, 0.1) is 16.4 Å². The summed E-state index contributed by atoms with van der Waals surface area (Å²) in [6, 6.07) is 10.8. The van der Waals surface area contributed by atoms with Crippen molar-refractivity contribution in [2.45, 2.75) is 6.85 Å². The molecule has 122 valence electrons. The molecular formula is C17H11Cl3N2O2. The van der Waals surface area contributed by atoms with Gasteiger partial charge in [0, 0.05) is 25.3 Å². The Hall–Kier alpha value is -2.01. The molecule has 0 aliphatic heterocycles. The Morgan fingerprint density at radius 1 is 1.12 bits per heavy atom. The van der Waals surface area contributed by atoms with E-state index in [-0.39, 0.29) is 16.3 Å². The Kier molecular flexibility index (Phi) is 3.59. The number of carboxylic acids is 1. The molecule has 0 aliphatic carbocycles. The van der Waals surface area contributed by atoms with Gasteiger partial charge in [0.1, 0.15) is 0 Å². The number of rotatable bonds is 3. The Bertz CT molecular complexity index is 1030. The largest absolute Gasteiger partial charge is 0.476 e. The van der Waals surface area contributed by atoms with Gasteiger partial charge in [-0.05, 0) is 37.2 Å². The third kappa shape index (κ3) is 3.00. The van der Waals surface area contributed by atoms with Crippen LogP contribution in [-0.2, 0) is 0 Å². The van der Waals surface area contributed by atoms with Crippen LogP contribution in [0.3, 0.4) is 0 Å². The van der Waals surface area contributed by atoms with E-state index in [9.17, 15) is 9.90 Å². The molecule has 0 unspecified atom stereocenters. The summed E-state index contributed by atoms with van der Waals surface area (Å²) in [4.78, 5) is 11.7. The first-order chi connectivity index (χ1) is 12.6. The molecule has 24 heavy (non-hydrogen) atoms. The number of aromatic nitrogens is 2. The monoisotopic (exact) mass is 383 g/mol. The molecule has 1 heterocycles. The van der Waals surface area contributed by atoms with Crippen LogP contribution in [0, 0.1) is 6.85 Å². The van der Waals surface area contributed by atoms with Crippen LogP contribution in [0.25, 0.3) is 16.9 Å². The predicted octanol–water partition coefficient (Wildman–Crippen LogP) is 5.51. The molecule has 0 saturated heterocycles. The van der Waals surface area contributed by atoms with E-state index in [2.05, 4.69) is 5.10 Å². The third-order valence-corrected chi connectivity index (χ3v) is 4.13. The quantitative estimate of drug-likeness (QED) is 0.648. The topological polar surface area (TPSA) is 55.1 Å². The number of hydrogen-bond donors (Lipinski definition) is 1. The SMILES string of the molecule is [2H]C([2H])([2H])c1c(C(=O)O)nn(-c2ccc(Cl)cc2Cl)c1-c1ccc(Cl)cc1. The van der Waals surface area contributed by atoms with Crippen molar-refractivity contribution in [1.29, 1.82) is 0 Å². The highest BCUT2D eigenvalue weighted by molar-refractivity contribution is 6.35. The van der Waals surface area contributed by atoms with E-state index >= 15 is 0 Å². The van der Waals surface area contributed by atoms with Crippen molar-refractivity contribution in [2.75, 3.05) is 0 Å². The van der Waals surface area contributed by atoms with Crippen molar-refractivity contribution in [3.05, 3.63) is 68.8 Å². The Labute approximate surface area is 157 Å². The summed E-state index contributed by atoms with van der Waals surface area (Å²) in [6.45, 7) is -2.72. The fourth-order valence-electron chi connectivity index (χ4n) is 2.27. The van der Waals surface area contributed by atoms with Crippen molar-refractivity contribution in [3.63, 3.8) is 0 Å². The van der Waals surface area contributed by atoms with E-state index in [1.807, 2.05) is 0 Å². The van der Waals surface area contributed by atoms with Gasteiger partial charge in [0.2, 0.25) is 0 Å². The zero-order valence-electron chi connectivity index (χ0n) is 14.9. The van der Waals surface area contributed by atoms with Crippen LogP contribution in [0.1, 0.15) is 20.2 Å². The second-order valence-corrected chi connectivity index (χ2v) is 6.17. The van der Waals surface area contributed by atoms with Gasteiger partial charge < -0.3 is 5.11 Å². The average Bonchev–Trinajstić information content (AvgIpc) is 2.96. The highest BCUT2D eigenvalue weighted by Crippen LogP contribution is 2.33. The number of halogens is 3. The number of benzene rings is 2. The fraction of sp³-hybridized carbons (Fsp3) is 0.0588. The molecule has 0 saturated carbocycles. The molecule has 0 spiro atoms. The second kappa shape index (κ2) is 6.48. The molecule has 3 rings (SSSR count). The number of aromatic carboxylic acids is 1. The molecule has 0 bridgehead atoms. The maximum absolute atomic E-state index is 11.7. The number of nitrogens with zero attached hydrogens (tertiary/aromatic N) is 2. The maximum atomic E-state index is 11.7. The summed E-state index contributed by atoms with van der Waals surface area (Å²) in [5.74, 6) is -1.46. The standard InChI is InChI=1S/C17H11Cl3N2O2/c1-9-15(17(23)24)21-22(14-7-6-12(19)8-13(14)20)16(9)10-2-4-11(18)5-3-10/h2-8H,1H3,(H,23,24)/i1D3. The van der Waals surface area contributed by atoms with E-state index in [1.54, 1.807) is 30.3 Å². The molecule has 0 aliphatic rings. The van der Waals surface area contributed by atoms with Crippen LogP contribution < -0.4 is 0 Å². The van der Waals surface area contributed by atoms with Crippen LogP contribution in [0.4, 0.5) is 0 Å². The third-order valence-electron chi connectivity index (χ3n) is 3.34. The Balaban J connectivity index is 2.42. The molecule has 0 radical (unpaired) electrons. The van der Waals surface area contributed by atoms with Crippen molar-refractivity contribution in [2.24, 2.45) is 0 Å². The first-order valence-electron chi connectivity index (χ1n) is 8.17. The normalized spacial score (nSPS) is 13.2. The van der Waals surface area contributed by atoms with E-state index in [4.69, 9.17) is 38.9 Å². The molecular weight excluding hydrogens is 371 g/mol. The maximum Gasteiger partial charge on any atom is 0.356 e. The van der Waals surface area contributed by atoms with Crippen LogP contribution >= 0.6 is 34.8 Å². The van der Waals surface area contributed by atoms with Crippen LogP contribution in [0.5, 0.6) is 0 Å². The summed E-state index contributed by atoms with van der Waals surface area (Å²) in [6.07, 6.45) is 0. The van der Waals surface area contributed by atoms with Crippen molar-refractivity contribution >= 4 is 40.8 Å². The van der Waals surface area contributed by atoms with Crippen molar-refractivity contribution in [3.8, 4) is 16.9 Å². The lowest BCUT2D eigenvalue weighted by atomic mass is 10.1. The first kappa shape index (κ1) is 13.3. The molecule has 7 heteroatoms. The molecule has 0 amide bonds. The highest BCUT2D eigenvalue weighted by Gasteiger charge is 2.22. The lowest BCUT2D eigenvalue weighted by Gasteiger charge is -2.11. The zero-order valence-corrected chi connectivity index (χ0v) is 14.2. The van der Waals surface area contributed by atoms with E-state index in [0.717, 1.165) is 0 Å². The van der Waals surface area contributed by atoms with Gasteiger partial charge in [-0.3, -0.25) is 0 Å². The molecule has 2 aromatic carbocycles. The Morgan fingerprint density at radius 3 is 2.38 bits per heavy atom. The molecule has 1 N–H and O–H groups in total. The number of carboxylic acid groups (broad SMARTS) is 1. The summed E-state index contributed by atoms with van der Waals surface area (Å²) >= 11 is 18.1. The fourth-order valence-corrected chi connectivity index (χ4v) is 2.88. The van der Waals surface area contributed by atoms with Gasteiger partial charge in [-0.15, -0.1) is 0 Å². The lowest BCUT2D eigenvalue weighted by molar-refractivity contribution is 0.0689. The highest BCUT2D eigenvalue weighted by atomic mass is 35.5. The number of carbonyl (C=O) groups is 1. The van der Waals surface area contributed by atoms with E-state index in [1.165, 1.54) is 16.8 Å². The molecule has 1 aromatic heterocycles. The smallest absolute Gasteiger partial charge is 0.356 e. The van der Waals surface area contributed by atoms with Gasteiger partial charge in [0.15, 0.2) is 5.69 Å². The average molecular weight is 385 g/mol. The predicted molar refractivity (Wildman–Crippen MR) is 95.7 cm³/mol. The minimum absolute atomic E-state index is 0.0910. The Morgan fingerprint density at radius 2 is 1.79 bits per heavy atom. The summed E-state index contributed by atoms with van der Waals surface area (Å²) in [5.41, 5.74) is -0.150. The molecule has 3 aromatic rings. The second-order valence-electron chi connectivity index (χ2n) is 4.89. The van der Waals surface area contributed by atoms with Crippen LogP contribution in [0.2, 0.25) is 15.1 Å². The van der Waals surface area contributed by atoms with Gasteiger partial charge in [-0.1, -0.05) is 46.9 Å². The molecule has 0 atom stereocenters. The minimum Gasteiger partial charge on any atom is -0.476 e. The van der Waals surface area contributed by atoms with Crippen LogP contribution in [0.15, 0.2) is 42.5 Å². The van der Waals surface area contributed by atoms with Crippen LogP contribution in [-0.4, -0.2) is 20.9 Å². The first-order valence-corrected chi connectivity index (χ1v) is 7.81. The zero-order chi connectivity index (χ0) is 19.9. The number of hydrogen-bond acceptors (Lipinski definition) is 2. The van der Waals surface area contributed by atoms with Crippen molar-refractivity contribution < 1.29 is 14.0 Å². The summed E-state index contributed by atoms with van der Waals surface area (Å²) in [5, 5.41) is 14.6. The van der Waals surface area contributed by atoms with E-state index < -0.39 is 18.5 Å². The molecule has 0 fully saturated rings.